The van der Waals surface area contributed by atoms with Crippen molar-refractivity contribution in [3.8, 4) is 0 Å². The molecule has 1 amide bonds. The third-order valence-corrected chi connectivity index (χ3v) is 3.70. The maximum Gasteiger partial charge on any atom is 0.252 e. The average Bonchev–Trinajstić information content (AvgIpc) is 2.53. The van der Waals surface area contributed by atoms with Gasteiger partial charge in [-0.2, -0.15) is 0 Å². The number of amides is 1. The molecule has 1 aromatic carbocycles. The van der Waals surface area contributed by atoms with Gasteiger partial charge in [0.2, 0.25) is 5.56 Å². The number of hydrogen-bond donors (Lipinski definition) is 2. The third kappa shape index (κ3) is 3.07. The zero-order valence-corrected chi connectivity index (χ0v) is 13.1. The smallest absolute Gasteiger partial charge is 0.252 e. The number of rotatable bonds is 3. The van der Waals surface area contributed by atoms with Crippen LogP contribution in [0.25, 0.3) is 10.9 Å². The highest BCUT2D eigenvalue weighted by Crippen LogP contribution is 2.20. The quantitative estimate of drug-likeness (QED) is 0.756. The second-order valence-electron chi connectivity index (χ2n) is 4.74. The Kier molecular flexibility index (Phi) is 4.02. The van der Waals surface area contributed by atoms with E-state index in [0.717, 1.165) is 10.2 Å². The number of pyridine rings is 2. The van der Waals surface area contributed by atoms with Crippen LogP contribution >= 0.6 is 15.9 Å². The lowest BCUT2D eigenvalue weighted by Gasteiger charge is -2.08. The summed E-state index contributed by atoms with van der Waals surface area (Å²) in [5.74, 6) is -0.306. The number of halogens is 1. The fourth-order valence-electron chi connectivity index (χ4n) is 2.18. The number of fused-ring (bicyclic) bond motifs is 1. The first-order valence-electron chi connectivity index (χ1n) is 6.64. The Morgan fingerprint density at radius 2 is 2.09 bits per heavy atom. The maximum atomic E-state index is 12.4. The minimum Gasteiger partial charge on any atom is -0.346 e. The van der Waals surface area contributed by atoms with Gasteiger partial charge in [0.15, 0.2) is 0 Å². The molecule has 0 unspecified atom stereocenters. The highest BCUT2D eigenvalue weighted by atomic mass is 79.9. The predicted octanol–water partition coefficient (Wildman–Crippen LogP) is 2.62. The van der Waals surface area contributed by atoms with Crippen molar-refractivity contribution < 1.29 is 4.79 Å². The van der Waals surface area contributed by atoms with Gasteiger partial charge in [-0.15, -0.1) is 0 Å². The molecule has 2 aromatic heterocycles. The molecule has 0 saturated heterocycles. The van der Waals surface area contributed by atoms with Gasteiger partial charge in [-0.3, -0.25) is 14.6 Å². The molecule has 6 heteroatoms. The second-order valence-corrected chi connectivity index (χ2v) is 5.66. The van der Waals surface area contributed by atoms with Crippen molar-refractivity contribution in [3.05, 3.63) is 74.7 Å². The van der Waals surface area contributed by atoms with Crippen LogP contribution in [0.3, 0.4) is 0 Å². The van der Waals surface area contributed by atoms with Gasteiger partial charge in [0.1, 0.15) is 0 Å². The Morgan fingerprint density at radius 1 is 1.23 bits per heavy atom. The Morgan fingerprint density at radius 3 is 2.86 bits per heavy atom. The number of carbonyl (C=O) groups excluding carboxylic acids is 1. The summed E-state index contributed by atoms with van der Waals surface area (Å²) in [6, 6.07) is 12.2. The Hall–Kier alpha value is -2.47. The van der Waals surface area contributed by atoms with Crippen molar-refractivity contribution in [3.63, 3.8) is 0 Å². The van der Waals surface area contributed by atoms with Gasteiger partial charge in [-0.05, 0) is 30.3 Å². The SMILES string of the molecule is O=C(NCc1ccccn1)c1cc(=O)[nH]c2ccc(Br)cc12. The van der Waals surface area contributed by atoms with Crippen LogP contribution in [0, 0.1) is 0 Å². The van der Waals surface area contributed by atoms with E-state index in [1.165, 1.54) is 6.07 Å². The van der Waals surface area contributed by atoms with E-state index in [0.29, 0.717) is 23.0 Å². The molecular formula is C16H12BrN3O2. The van der Waals surface area contributed by atoms with Crippen LogP contribution in [0.5, 0.6) is 0 Å². The lowest BCUT2D eigenvalue weighted by Crippen LogP contribution is -2.25. The highest BCUT2D eigenvalue weighted by Gasteiger charge is 2.12. The largest absolute Gasteiger partial charge is 0.346 e. The van der Waals surface area contributed by atoms with Crippen LogP contribution in [-0.4, -0.2) is 15.9 Å². The van der Waals surface area contributed by atoms with Gasteiger partial charge >= 0.3 is 0 Å². The lowest BCUT2D eigenvalue weighted by molar-refractivity contribution is 0.0952. The van der Waals surface area contributed by atoms with E-state index >= 15 is 0 Å². The normalized spacial score (nSPS) is 10.6. The molecule has 5 nitrogen and oxygen atoms in total. The van der Waals surface area contributed by atoms with Crippen LogP contribution < -0.4 is 10.9 Å². The fraction of sp³-hybridized carbons (Fsp3) is 0.0625. The molecule has 0 aliphatic rings. The van der Waals surface area contributed by atoms with Crippen molar-refractivity contribution in [2.45, 2.75) is 6.54 Å². The number of hydrogen-bond acceptors (Lipinski definition) is 3. The van der Waals surface area contributed by atoms with Crippen molar-refractivity contribution in [2.24, 2.45) is 0 Å². The first-order chi connectivity index (χ1) is 10.6. The molecule has 2 heterocycles. The fourth-order valence-corrected chi connectivity index (χ4v) is 2.54. The molecule has 0 saturated carbocycles. The molecule has 3 aromatic rings. The summed E-state index contributed by atoms with van der Waals surface area (Å²) in [7, 11) is 0. The zero-order chi connectivity index (χ0) is 15.5. The number of aromatic amines is 1. The number of aromatic nitrogens is 2. The molecule has 22 heavy (non-hydrogen) atoms. The van der Waals surface area contributed by atoms with E-state index in [1.54, 1.807) is 18.3 Å². The van der Waals surface area contributed by atoms with Gasteiger partial charge in [0.25, 0.3) is 5.91 Å². The van der Waals surface area contributed by atoms with Crippen molar-refractivity contribution in [1.29, 1.82) is 0 Å². The summed E-state index contributed by atoms with van der Waals surface area (Å²) >= 11 is 3.38. The second kappa shape index (κ2) is 6.11. The summed E-state index contributed by atoms with van der Waals surface area (Å²) in [5, 5.41) is 3.47. The Bertz CT molecular complexity index is 891. The van der Waals surface area contributed by atoms with Crippen LogP contribution in [-0.2, 0) is 6.54 Å². The maximum absolute atomic E-state index is 12.4. The number of H-pyrrole nitrogens is 1. The predicted molar refractivity (Wildman–Crippen MR) is 87.7 cm³/mol. The molecule has 0 atom stereocenters. The molecule has 0 fully saturated rings. The zero-order valence-electron chi connectivity index (χ0n) is 11.5. The molecule has 0 aliphatic heterocycles. The third-order valence-electron chi connectivity index (χ3n) is 3.21. The van der Waals surface area contributed by atoms with E-state index in [1.807, 2.05) is 24.3 Å². The van der Waals surface area contributed by atoms with Crippen LogP contribution in [0.4, 0.5) is 0 Å². The van der Waals surface area contributed by atoms with E-state index in [2.05, 4.69) is 31.2 Å². The van der Waals surface area contributed by atoms with Gasteiger partial charge in [-0.25, -0.2) is 0 Å². The molecular weight excluding hydrogens is 346 g/mol. The van der Waals surface area contributed by atoms with Crippen molar-refractivity contribution in [2.75, 3.05) is 0 Å². The van der Waals surface area contributed by atoms with Crippen molar-refractivity contribution >= 4 is 32.7 Å². The molecule has 0 radical (unpaired) electrons. The molecule has 3 rings (SSSR count). The number of carbonyl (C=O) groups is 1. The molecule has 110 valence electrons. The first kappa shape index (κ1) is 14.5. The van der Waals surface area contributed by atoms with Gasteiger partial charge in [0.05, 0.1) is 17.8 Å². The lowest BCUT2D eigenvalue weighted by atomic mass is 10.1. The summed E-state index contributed by atoms with van der Waals surface area (Å²) in [6.45, 7) is 0.308. The molecule has 0 aliphatic carbocycles. The van der Waals surface area contributed by atoms with Gasteiger partial charge in [-0.1, -0.05) is 22.0 Å². The monoisotopic (exact) mass is 357 g/mol. The number of benzene rings is 1. The topological polar surface area (TPSA) is 74.8 Å². The van der Waals surface area contributed by atoms with E-state index in [-0.39, 0.29) is 11.5 Å². The first-order valence-corrected chi connectivity index (χ1v) is 7.43. The van der Waals surface area contributed by atoms with E-state index in [4.69, 9.17) is 0 Å². The van der Waals surface area contributed by atoms with Crippen LogP contribution in [0.1, 0.15) is 16.1 Å². The Labute approximate surface area is 134 Å². The van der Waals surface area contributed by atoms with E-state index in [9.17, 15) is 9.59 Å². The van der Waals surface area contributed by atoms with Crippen LogP contribution in [0.2, 0.25) is 0 Å². The summed E-state index contributed by atoms with van der Waals surface area (Å²) in [6.07, 6.45) is 1.67. The summed E-state index contributed by atoms with van der Waals surface area (Å²) in [4.78, 5) is 31.0. The summed E-state index contributed by atoms with van der Waals surface area (Å²) < 4.78 is 0.839. The highest BCUT2D eigenvalue weighted by molar-refractivity contribution is 9.10. The minimum absolute atomic E-state index is 0.306. The number of nitrogens with one attached hydrogen (secondary N) is 2. The molecule has 0 bridgehead atoms. The van der Waals surface area contributed by atoms with Crippen molar-refractivity contribution in [1.82, 2.24) is 15.3 Å². The standard InChI is InChI=1S/C16H12BrN3O2/c17-10-4-5-14-12(7-10)13(8-15(21)20-14)16(22)19-9-11-3-1-2-6-18-11/h1-8H,9H2,(H,19,22)(H,20,21). The molecule has 2 N–H and O–H groups in total. The van der Waals surface area contributed by atoms with Crippen LogP contribution in [0.15, 0.2) is 57.9 Å². The van der Waals surface area contributed by atoms with Gasteiger partial charge in [0, 0.05) is 27.6 Å². The number of nitrogens with zero attached hydrogens (tertiary/aromatic N) is 1. The van der Waals surface area contributed by atoms with Gasteiger partial charge < -0.3 is 10.3 Å². The van der Waals surface area contributed by atoms with E-state index < -0.39 is 0 Å². The minimum atomic E-state index is -0.308. The summed E-state index contributed by atoms with van der Waals surface area (Å²) in [5.41, 5.74) is 1.42. The Balaban J connectivity index is 1.93. The average molecular weight is 358 g/mol. The molecule has 0 spiro atoms.